The van der Waals surface area contributed by atoms with Crippen LogP contribution >= 0.6 is 0 Å². The van der Waals surface area contributed by atoms with Crippen molar-refractivity contribution >= 4 is 22.6 Å². The molecule has 1 heterocycles. The molecule has 8 heteroatoms. The summed E-state index contributed by atoms with van der Waals surface area (Å²) in [5, 5.41) is 2.46. The van der Waals surface area contributed by atoms with Crippen molar-refractivity contribution in [3.05, 3.63) is 60.4 Å². The Kier molecular flexibility index (Phi) is 4.03. The van der Waals surface area contributed by atoms with E-state index in [4.69, 9.17) is 0 Å². The van der Waals surface area contributed by atoms with Gasteiger partial charge in [0.15, 0.2) is 0 Å². The average molecular weight is 333 g/mol. The molecule has 0 unspecified atom stereocenters. The third-order valence-electron chi connectivity index (χ3n) is 3.01. The minimum Gasteiger partial charge on any atom is -0.406 e. The molecule has 0 saturated carbocycles. The SMILES string of the molecule is O=C(Nc1cccc(OC(F)(F)F)c1)c1cnc2ccccc2n1. The second-order valence-electron chi connectivity index (χ2n) is 4.77. The van der Waals surface area contributed by atoms with E-state index in [-0.39, 0.29) is 11.4 Å². The number of hydrogen-bond acceptors (Lipinski definition) is 4. The molecule has 2 aromatic carbocycles. The molecule has 1 aromatic heterocycles. The summed E-state index contributed by atoms with van der Waals surface area (Å²) in [5.41, 5.74) is 1.38. The number of carbonyl (C=O) groups is 1. The van der Waals surface area contributed by atoms with Gasteiger partial charge >= 0.3 is 6.36 Å². The normalized spacial score (nSPS) is 11.3. The van der Waals surface area contributed by atoms with E-state index < -0.39 is 18.0 Å². The third kappa shape index (κ3) is 3.78. The van der Waals surface area contributed by atoms with E-state index in [1.54, 1.807) is 24.3 Å². The number of nitrogens with zero attached hydrogens (tertiary/aromatic N) is 2. The minimum absolute atomic E-state index is 0.0517. The van der Waals surface area contributed by atoms with Crippen LogP contribution in [0.5, 0.6) is 5.75 Å². The van der Waals surface area contributed by atoms with Crippen LogP contribution in [0.2, 0.25) is 0 Å². The highest BCUT2D eigenvalue weighted by atomic mass is 19.4. The summed E-state index contributed by atoms with van der Waals surface area (Å²) in [6.07, 6.45) is -3.50. The van der Waals surface area contributed by atoms with E-state index in [9.17, 15) is 18.0 Å². The molecule has 24 heavy (non-hydrogen) atoms. The molecule has 0 fully saturated rings. The summed E-state index contributed by atoms with van der Waals surface area (Å²) in [6.45, 7) is 0. The number of halogens is 3. The van der Waals surface area contributed by atoms with Crippen LogP contribution < -0.4 is 10.1 Å². The van der Waals surface area contributed by atoms with Crippen molar-refractivity contribution in [3.63, 3.8) is 0 Å². The Bertz CT molecular complexity index is 897. The third-order valence-corrected chi connectivity index (χ3v) is 3.01. The summed E-state index contributed by atoms with van der Waals surface area (Å²) in [4.78, 5) is 20.5. The molecule has 0 aliphatic heterocycles. The predicted octanol–water partition coefficient (Wildman–Crippen LogP) is 3.78. The maximum absolute atomic E-state index is 12.2. The number of hydrogen-bond donors (Lipinski definition) is 1. The standard InChI is InChI=1S/C16H10F3N3O2/c17-16(18,19)24-11-5-3-4-10(8-11)21-15(23)14-9-20-12-6-1-2-7-13(12)22-14/h1-9H,(H,21,23). The lowest BCUT2D eigenvalue weighted by Gasteiger charge is -2.10. The number of nitrogens with one attached hydrogen (secondary N) is 1. The Hall–Kier alpha value is -3.16. The quantitative estimate of drug-likeness (QED) is 0.792. The molecule has 0 saturated heterocycles. The van der Waals surface area contributed by atoms with Gasteiger partial charge in [-0.2, -0.15) is 0 Å². The number of anilines is 1. The van der Waals surface area contributed by atoms with Crippen molar-refractivity contribution in [2.75, 3.05) is 5.32 Å². The van der Waals surface area contributed by atoms with Crippen molar-refractivity contribution < 1.29 is 22.7 Å². The molecule has 0 bridgehead atoms. The van der Waals surface area contributed by atoms with Crippen LogP contribution in [0.4, 0.5) is 18.9 Å². The van der Waals surface area contributed by atoms with Gasteiger partial charge in [-0.05, 0) is 24.3 Å². The summed E-state index contributed by atoms with van der Waals surface area (Å²) >= 11 is 0. The van der Waals surface area contributed by atoms with Crippen molar-refractivity contribution in [2.24, 2.45) is 0 Å². The number of aromatic nitrogens is 2. The van der Waals surface area contributed by atoms with Gasteiger partial charge in [-0.1, -0.05) is 18.2 Å². The number of ether oxygens (including phenoxy) is 1. The van der Waals surface area contributed by atoms with E-state index in [0.717, 1.165) is 12.1 Å². The lowest BCUT2D eigenvalue weighted by Crippen LogP contribution is -2.18. The van der Waals surface area contributed by atoms with Crippen LogP contribution in [-0.2, 0) is 0 Å². The fourth-order valence-electron chi connectivity index (χ4n) is 2.03. The number of amides is 1. The molecule has 1 N–H and O–H groups in total. The van der Waals surface area contributed by atoms with Gasteiger partial charge in [0.05, 0.1) is 17.2 Å². The van der Waals surface area contributed by atoms with E-state index in [1.807, 2.05) is 0 Å². The zero-order chi connectivity index (χ0) is 17.2. The Balaban J connectivity index is 1.79. The zero-order valence-corrected chi connectivity index (χ0v) is 12.0. The zero-order valence-electron chi connectivity index (χ0n) is 12.0. The number of rotatable bonds is 3. The highest BCUT2D eigenvalue weighted by Gasteiger charge is 2.31. The fraction of sp³-hybridized carbons (Fsp3) is 0.0625. The van der Waals surface area contributed by atoms with Gasteiger partial charge in [0.2, 0.25) is 0 Å². The molecule has 0 radical (unpaired) electrons. The van der Waals surface area contributed by atoms with Gasteiger partial charge in [-0.3, -0.25) is 9.78 Å². The van der Waals surface area contributed by atoms with E-state index in [1.165, 1.54) is 18.3 Å². The maximum atomic E-state index is 12.2. The predicted molar refractivity (Wildman–Crippen MR) is 80.6 cm³/mol. The van der Waals surface area contributed by atoms with Crippen LogP contribution in [-0.4, -0.2) is 22.2 Å². The van der Waals surface area contributed by atoms with Crippen LogP contribution in [0.1, 0.15) is 10.5 Å². The van der Waals surface area contributed by atoms with Crippen molar-refractivity contribution in [3.8, 4) is 5.75 Å². The van der Waals surface area contributed by atoms with Crippen molar-refractivity contribution in [1.82, 2.24) is 9.97 Å². The van der Waals surface area contributed by atoms with Gasteiger partial charge in [0.1, 0.15) is 11.4 Å². The smallest absolute Gasteiger partial charge is 0.406 e. The number of carbonyl (C=O) groups excluding carboxylic acids is 1. The summed E-state index contributed by atoms with van der Waals surface area (Å²) < 4.78 is 40.5. The molecule has 0 aliphatic rings. The Morgan fingerprint density at radius 1 is 1.04 bits per heavy atom. The van der Waals surface area contributed by atoms with Gasteiger partial charge in [0.25, 0.3) is 5.91 Å². The number of fused-ring (bicyclic) bond motifs is 1. The lowest BCUT2D eigenvalue weighted by molar-refractivity contribution is -0.274. The first kappa shape index (κ1) is 15.7. The van der Waals surface area contributed by atoms with Gasteiger partial charge in [0, 0.05) is 11.8 Å². The maximum Gasteiger partial charge on any atom is 0.573 e. The summed E-state index contributed by atoms with van der Waals surface area (Å²) in [7, 11) is 0. The molecular formula is C16H10F3N3O2. The van der Waals surface area contributed by atoms with Gasteiger partial charge < -0.3 is 10.1 Å². The molecular weight excluding hydrogens is 323 g/mol. The molecule has 5 nitrogen and oxygen atoms in total. The Labute approximate surface area is 134 Å². The Morgan fingerprint density at radius 3 is 2.54 bits per heavy atom. The topological polar surface area (TPSA) is 64.1 Å². The van der Waals surface area contributed by atoms with Crippen LogP contribution in [0, 0.1) is 0 Å². The largest absolute Gasteiger partial charge is 0.573 e. The first-order valence-electron chi connectivity index (χ1n) is 6.80. The molecule has 3 rings (SSSR count). The first-order chi connectivity index (χ1) is 11.4. The highest BCUT2D eigenvalue weighted by molar-refractivity contribution is 6.03. The number of benzene rings is 2. The van der Waals surface area contributed by atoms with Crippen molar-refractivity contribution in [2.45, 2.75) is 6.36 Å². The summed E-state index contributed by atoms with van der Waals surface area (Å²) in [6, 6.07) is 12.0. The van der Waals surface area contributed by atoms with E-state index >= 15 is 0 Å². The molecule has 0 aliphatic carbocycles. The van der Waals surface area contributed by atoms with E-state index in [2.05, 4.69) is 20.0 Å². The highest BCUT2D eigenvalue weighted by Crippen LogP contribution is 2.25. The van der Waals surface area contributed by atoms with Gasteiger partial charge in [-0.15, -0.1) is 13.2 Å². The van der Waals surface area contributed by atoms with Crippen LogP contribution in [0.25, 0.3) is 11.0 Å². The second kappa shape index (κ2) is 6.15. The lowest BCUT2D eigenvalue weighted by atomic mass is 10.2. The fourth-order valence-corrected chi connectivity index (χ4v) is 2.03. The summed E-state index contributed by atoms with van der Waals surface area (Å²) in [5.74, 6) is -1.01. The van der Waals surface area contributed by atoms with Crippen molar-refractivity contribution in [1.29, 1.82) is 0 Å². The molecule has 0 spiro atoms. The molecule has 122 valence electrons. The molecule has 3 aromatic rings. The second-order valence-corrected chi connectivity index (χ2v) is 4.77. The minimum atomic E-state index is -4.80. The monoisotopic (exact) mass is 333 g/mol. The van der Waals surface area contributed by atoms with Crippen LogP contribution in [0.15, 0.2) is 54.7 Å². The number of alkyl halides is 3. The molecule has 0 atom stereocenters. The molecule has 1 amide bonds. The first-order valence-corrected chi connectivity index (χ1v) is 6.80. The van der Waals surface area contributed by atoms with Gasteiger partial charge in [-0.25, -0.2) is 4.98 Å². The Morgan fingerprint density at radius 2 is 1.79 bits per heavy atom. The van der Waals surface area contributed by atoms with Crippen LogP contribution in [0.3, 0.4) is 0 Å². The number of para-hydroxylation sites is 2. The average Bonchev–Trinajstić information content (AvgIpc) is 2.53. The van der Waals surface area contributed by atoms with E-state index in [0.29, 0.717) is 11.0 Å².